The van der Waals surface area contributed by atoms with Crippen molar-refractivity contribution in [1.82, 2.24) is 19.7 Å². The second kappa shape index (κ2) is 6.74. The van der Waals surface area contributed by atoms with Crippen LogP contribution in [0.25, 0.3) is 32.9 Å². The highest BCUT2D eigenvalue weighted by Gasteiger charge is 2.16. The molecule has 9 heteroatoms. The third-order valence-electron chi connectivity index (χ3n) is 4.23. The molecule has 5 rings (SSSR count). The normalized spacial score (nSPS) is 11.3. The van der Waals surface area contributed by atoms with Gasteiger partial charge in [-0.05, 0) is 29.8 Å². The van der Waals surface area contributed by atoms with Crippen molar-refractivity contribution in [2.75, 3.05) is 0 Å². The molecule has 0 fully saturated rings. The number of halogens is 1. The highest BCUT2D eigenvalue weighted by atomic mass is 35.5. The highest BCUT2D eigenvalue weighted by Crippen LogP contribution is 2.31. The van der Waals surface area contributed by atoms with Gasteiger partial charge in [0.05, 0.1) is 18.0 Å². The van der Waals surface area contributed by atoms with Crippen molar-refractivity contribution < 1.29 is 8.94 Å². The Morgan fingerprint density at radius 1 is 1.18 bits per heavy atom. The van der Waals surface area contributed by atoms with Crippen molar-refractivity contribution in [3.63, 3.8) is 0 Å². The fourth-order valence-corrected chi connectivity index (χ4v) is 3.93. The molecule has 0 aliphatic heterocycles. The predicted molar refractivity (Wildman–Crippen MR) is 105 cm³/mol. The third kappa shape index (κ3) is 2.92. The molecular weight excluding hydrogens is 400 g/mol. The Kier molecular flexibility index (Phi) is 4.07. The summed E-state index contributed by atoms with van der Waals surface area (Å²) in [6, 6.07) is 10.8. The van der Waals surface area contributed by atoms with Crippen LogP contribution in [0.2, 0.25) is 5.02 Å². The molecule has 0 radical (unpaired) electrons. The molecule has 0 unspecified atom stereocenters. The lowest BCUT2D eigenvalue weighted by atomic mass is 10.1. The van der Waals surface area contributed by atoms with Crippen LogP contribution in [0, 0.1) is 0 Å². The van der Waals surface area contributed by atoms with Gasteiger partial charge in [0.1, 0.15) is 11.4 Å². The number of hydrogen-bond acceptors (Lipinski definition) is 7. The zero-order valence-electron chi connectivity index (χ0n) is 14.2. The Balaban J connectivity index is 1.54. The summed E-state index contributed by atoms with van der Waals surface area (Å²) in [5.74, 6) is 1.12. The van der Waals surface area contributed by atoms with Gasteiger partial charge >= 0.3 is 0 Å². The quantitative estimate of drug-likeness (QED) is 0.434. The van der Waals surface area contributed by atoms with Gasteiger partial charge in [0, 0.05) is 16.0 Å². The van der Waals surface area contributed by atoms with Crippen molar-refractivity contribution in [2.45, 2.75) is 6.54 Å². The first-order valence-corrected chi connectivity index (χ1v) is 9.54. The summed E-state index contributed by atoms with van der Waals surface area (Å²) in [7, 11) is 0. The monoisotopic (exact) mass is 410 g/mol. The maximum atomic E-state index is 13.1. The van der Waals surface area contributed by atoms with Crippen LogP contribution in [0.15, 0.2) is 68.1 Å². The standard InChI is InChI=1S/C19H11ClN4O3S/c20-12-5-3-11(4-6-12)13-9-28-18-16(13)19(25)24(10-21-18)8-15-22-17(23-27-15)14-2-1-7-26-14/h1-7,9-10H,8H2. The SMILES string of the molecule is O=c1c2c(-c3ccc(Cl)cc3)csc2ncn1Cc1nc(-c2ccco2)no1. The van der Waals surface area contributed by atoms with Gasteiger partial charge in [-0.25, -0.2) is 4.98 Å². The van der Waals surface area contributed by atoms with Gasteiger partial charge < -0.3 is 8.94 Å². The molecular formula is C19H11ClN4O3S. The Labute approximate surface area is 166 Å². The number of nitrogens with zero attached hydrogens (tertiary/aromatic N) is 4. The van der Waals surface area contributed by atoms with E-state index in [1.165, 1.54) is 28.5 Å². The molecule has 0 saturated carbocycles. The summed E-state index contributed by atoms with van der Waals surface area (Å²) in [4.78, 5) is 22.4. The fourth-order valence-electron chi connectivity index (χ4n) is 2.89. The largest absolute Gasteiger partial charge is 0.461 e. The molecule has 0 atom stereocenters. The summed E-state index contributed by atoms with van der Waals surface area (Å²) in [5.41, 5.74) is 1.56. The minimum atomic E-state index is -0.172. The summed E-state index contributed by atoms with van der Waals surface area (Å²) in [5, 5.41) is 7.01. The lowest BCUT2D eigenvalue weighted by Gasteiger charge is -2.03. The highest BCUT2D eigenvalue weighted by molar-refractivity contribution is 7.17. The molecule has 138 valence electrons. The van der Waals surface area contributed by atoms with Crippen molar-refractivity contribution in [3.05, 3.63) is 75.6 Å². The molecule has 5 aromatic rings. The maximum Gasteiger partial charge on any atom is 0.263 e. The van der Waals surface area contributed by atoms with Crippen molar-refractivity contribution in [2.24, 2.45) is 0 Å². The van der Waals surface area contributed by atoms with E-state index in [0.29, 0.717) is 26.8 Å². The van der Waals surface area contributed by atoms with Gasteiger partial charge in [0.2, 0.25) is 11.7 Å². The zero-order chi connectivity index (χ0) is 19.1. The number of aromatic nitrogens is 4. The molecule has 4 heterocycles. The van der Waals surface area contributed by atoms with Crippen LogP contribution in [0.3, 0.4) is 0 Å². The average molecular weight is 411 g/mol. The van der Waals surface area contributed by atoms with Crippen molar-refractivity contribution in [1.29, 1.82) is 0 Å². The van der Waals surface area contributed by atoms with Gasteiger partial charge in [0.15, 0.2) is 5.76 Å². The number of thiophene rings is 1. The van der Waals surface area contributed by atoms with E-state index < -0.39 is 0 Å². The van der Waals surface area contributed by atoms with Crippen LogP contribution in [-0.2, 0) is 6.54 Å². The summed E-state index contributed by atoms with van der Waals surface area (Å²) in [6.07, 6.45) is 3.02. The van der Waals surface area contributed by atoms with Gasteiger partial charge in [-0.2, -0.15) is 4.98 Å². The van der Waals surface area contributed by atoms with E-state index in [0.717, 1.165) is 11.1 Å². The van der Waals surface area contributed by atoms with Crippen LogP contribution in [0.4, 0.5) is 0 Å². The summed E-state index contributed by atoms with van der Waals surface area (Å²) in [6.45, 7) is 0.116. The van der Waals surface area contributed by atoms with E-state index in [1.54, 1.807) is 24.3 Å². The minimum absolute atomic E-state index is 0.116. The lowest BCUT2D eigenvalue weighted by molar-refractivity contribution is 0.368. The van der Waals surface area contributed by atoms with E-state index >= 15 is 0 Å². The van der Waals surface area contributed by atoms with Crippen LogP contribution in [-0.4, -0.2) is 19.7 Å². The van der Waals surface area contributed by atoms with E-state index in [-0.39, 0.29) is 18.0 Å². The number of furan rings is 1. The molecule has 1 aromatic carbocycles. The fraction of sp³-hybridized carbons (Fsp3) is 0.0526. The first-order valence-electron chi connectivity index (χ1n) is 8.28. The molecule has 0 aliphatic rings. The Hall–Kier alpha value is -3.23. The van der Waals surface area contributed by atoms with Crippen LogP contribution < -0.4 is 5.56 Å². The number of fused-ring (bicyclic) bond motifs is 1. The van der Waals surface area contributed by atoms with Crippen molar-refractivity contribution in [3.8, 4) is 22.7 Å². The van der Waals surface area contributed by atoms with Crippen molar-refractivity contribution >= 4 is 33.2 Å². The Morgan fingerprint density at radius 2 is 2.04 bits per heavy atom. The van der Waals surface area contributed by atoms with Gasteiger partial charge in [-0.15, -0.1) is 11.3 Å². The van der Waals surface area contributed by atoms with Gasteiger partial charge in [-0.1, -0.05) is 28.9 Å². The predicted octanol–water partition coefficient (Wildman–Crippen LogP) is 4.47. The molecule has 0 bridgehead atoms. The van der Waals surface area contributed by atoms with E-state index in [2.05, 4.69) is 15.1 Å². The molecule has 0 saturated heterocycles. The topological polar surface area (TPSA) is 87.0 Å². The molecule has 4 aromatic heterocycles. The van der Waals surface area contributed by atoms with Gasteiger partial charge in [0.25, 0.3) is 5.56 Å². The van der Waals surface area contributed by atoms with Crippen LogP contribution >= 0.6 is 22.9 Å². The maximum absolute atomic E-state index is 13.1. The molecule has 0 spiro atoms. The van der Waals surface area contributed by atoms with Crippen LogP contribution in [0.5, 0.6) is 0 Å². The zero-order valence-corrected chi connectivity index (χ0v) is 15.8. The van der Waals surface area contributed by atoms with Gasteiger partial charge in [-0.3, -0.25) is 9.36 Å². The van der Waals surface area contributed by atoms with E-state index in [4.69, 9.17) is 20.5 Å². The molecule has 7 nitrogen and oxygen atoms in total. The Morgan fingerprint density at radius 3 is 2.82 bits per heavy atom. The molecule has 0 aliphatic carbocycles. The van der Waals surface area contributed by atoms with E-state index in [9.17, 15) is 4.79 Å². The first-order chi connectivity index (χ1) is 13.7. The first kappa shape index (κ1) is 16.9. The van der Waals surface area contributed by atoms with E-state index in [1.807, 2.05) is 17.5 Å². The third-order valence-corrected chi connectivity index (χ3v) is 5.37. The average Bonchev–Trinajstić information content (AvgIpc) is 3.45. The van der Waals surface area contributed by atoms with Crippen LogP contribution in [0.1, 0.15) is 5.89 Å². The molecule has 0 N–H and O–H groups in total. The number of rotatable bonds is 4. The lowest BCUT2D eigenvalue weighted by Crippen LogP contribution is -2.21. The smallest absolute Gasteiger partial charge is 0.263 e. The molecule has 28 heavy (non-hydrogen) atoms. The second-order valence-corrected chi connectivity index (χ2v) is 7.30. The summed E-state index contributed by atoms with van der Waals surface area (Å²) >= 11 is 7.39. The molecule has 0 amide bonds. The summed E-state index contributed by atoms with van der Waals surface area (Å²) < 4.78 is 12.0. The number of hydrogen-bond donors (Lipinski definition) is 0. The Bertz CT molecular complexity index is 1320. The second-order valence-electron chi connectivity index (χ2n) is 6.00. The minimum Gasteiger partial charge on any atom is -0.461 e. The number of benzene rings is 1.